The number of anilines is 1. The molecule has 0 aliphatic carbocycles. The van der Waals surface area contributed by atoms with Crippen molar-refractivity contribution < 1.29 is 8.42 Å². The molecule has 8 nitrogen and oxygen atoms in total. The van der Waals surface area contributed by atoms with E-state index in [0.29, 0.717) is 19.0 Å². The number of fused-ring (bicyclic) bond motifs is 1. The Hall–Kier alpha value is -2.52. The summed E-state index contributed by atoms with van der Waals surface area (Å²) < 4.78 is 28.9. The summed E-state index contributed by atoms with van der Waals surface area (Å²) in [6.45, 7) is 2.93. The largest absolute Gasteiger partial charge is 0.357 e. The minimum Gasteiger partial charge on any atom is -0.357 e. The Morgan fingerprint density at radius 1 is 0.931 bits per heavy atom. The van der Waals surface area contributed by atoms with Gasteiger partial charge in [-0.25, -0.2) is 13.4 Å². The van der Waals surface area contributed by atoms with Crippen molar-refractivity contribution in [3.8, 4) is 0 Å². The van der Waals surface area contributed by atoms with Crippen LogP contribution < -0.4 is 4.90 Å². The third-order valence-electron chi connectivity index (χ3n) is 5.95. The van der Waals surface area contributed by atoms with E-state index >= 15 is 0 Å². The van der Waals surface area contributed by atoms with Crippen LogP contribution in [0.15, 0.2) is 47.6 Å². The molecule has 2 aliphatic rings. The molecule has 3 aromatic heterocycles. The van der Waals surface area contributed by atoms with Crippen molar-refractivity contribution in [3.63, 3.8) is 0 Å². The maximum atomic E-state index is 12.7. The number of aromatic nitrogens is 4. The number of sulfonamides is 1. The van der Waals surface area contributed by atoms with Gasteiger partial charge in [0.2, 0.25) is 10.0 Å². The molecule has 5 rings (SSSR count). The summed E-state index contributed by atoms with van der Waals surface area (Å²) in [5.74, 6) is 2.20. The Kier molecular flexibility index (Phi) is 4.71. The first-order valence-corrected chi connectivity index (χ1v) is 11.6. The van der Waals surface area contributed by atoms with Crippen molar-refractivity contribution in [1.29, 1.82) is 0 Å². The zero-order chi connectivity index (χ0) is 19.8. The van der Waals surface area contributed by atoms with E-state index in [1.807, 2.05) is 30.5 Å². The van der Waals surface area contributed by atoms with Crippen LogP contribution in [-0.2, 0) is 10.0 Å². The Labute approximate surface area is 170 Å². The van der Waals surface area contributed by atoms with E-state index in [9.17, 15) is 8.42 Å². The van der Waals surface area contributed by atoms with Gasteiger partial charge in [-0.05, 0) is 49.9 Å². The second kappa shape index (κ2) is 7.38. The predicted octanol–water partition coefficient (Wildman–Crippen LogP) is 2.29. The molecule has 0 atom stereocenters. The molecule has 0 saturated carbocycles. The topological polar surface area (TPSA) is 83.7 Å². The summed E-state index contributed by atoms with van der Waals surface area (Å²) >= 11 is 0. The fourth-order valence-electron chi connectivity index (χ4n) is 4.29. The summed E-state index contributed by atoms with van der Waals surface area (Å²) in [6.07, 6.45) is 7.30. The lowest BCUT2D eigenvalue weighted by Crippen LogP contribution is -2.34. The maximum Gasteiger partial charge on any atom is 0.244 e. The number of nitrogens with zero attached hydrogens (tertiary/aromatic N) is 6. The third-order valence-corrected chi connectivity index (χ3v) is 7.83. The van der Waals surface area contributed by atoms with Gasteiger partial charge < -0.3 is 4.90 Å². The fraction of sp³-hybridized carbons (Fsp3) is 0.450. The second-order valence-corrected chi connectivity index (χ2v) is 9.65. The highest BCUT2D eigenvalue weighted by molar-refractivity contribution is 7.89. The Morgan fingerprint density at radius 2 is 1.72 bits per heavy atom. The lowest BCUT2D eigenvalue weighted by Gasteiger charge is -2.32. The molecule has 0 unspecified atom stereocenters. The van der Waals surface area contributed by atoms with Crippen molar-refractivity contribution in [1.82, 2.24) is 23.9 Å². The van der Waals surface area contributed by atoms with Crippen molar-refractivity contribution in [2.24, 2.45) is 0 Å². The molecule has 0 radical (unpaired) electrons. The van der Waals surface area contributed by atoms with Crippen LogP contribution in [0.4, 0.5) is 5.82 Å². The van der Waals surface area contributed by atoms with Crippen LogP contribution in [0.3, 0.4) is 0 Å². The smallest absolute Gasteiger partial charge is 0.244 e. The van der Waals surface area contributed by atoms with Gasteiger partial charge in [0, 0.05) is 44.5 Å². The van der Waals surface area contributed by atoms with Gasteiger partial charge in [-0.2, -0.15) is 4.31 Å². The molecule has 9 heteroatoms. The van der Waals surface area contributed by atoms with Crippen LogP contribution in [0.2, 0.25) is 0 Å². The molecule has 0 aromatic carbocycles. The van der Waals surface area contributed by atoms with Gasteiger partial charge in [0.15, 0.2) is 5.65 Å². The van der Waals surface area contributed by atoms with Gasteiger partial charge in [0.05, 0.1) is 0 Å². The standard InChI is InChI=1S/C20H24N6O2S/c27-29(28,25-10-3-4-11-25)17-6-7-18(21-15-17)24-13-8-16(9-14-24)20-23-22-19-5-1-2-12-26(19)20/h1-2,5-7,12,15-16H,3-4,8-11,13-14H2. The highest BCUT2D eigenvalue weighted by Crippen LogP contribution is 2.29. The summed E-state index contributed by atoms with van der Waals surface area (Å²) in [7, 11) is -3.41. The monoisotopic (exact) mass is 412 g/mol. The average Bonchev–Trinajstić information content (AvgIpc) is 3.45. The molecular formula is C20H24N6O2S. The molecule has 0 bridgehead atoms. The minimum atomic E-state index is -3.41. The van der Waals surface area contributed by atoms with E-state index in [1.54, 1.807) is 10.4 Å². The summed E-state index contributed by atoms with van der Waals surface area (Å²) in [4.78, 5) is 6.96. The highest BCUT2D eigenvalue weighted by atomic mass is 32.2. The van der Waals surface area contributed by atoms with Crippen molar-refractivity contribution in [2.45, 2.75) is 36.5 Å². The number of piperidine rings is 1. The third kappa shape index (κ3) is 3.38. The van der Waals surface area contributed by atoms with Gasteiger partial charge in [0.1, 0.15) is 16.5 Å². The van der Waals surface area contributed by atoms with Gasteiger partial charge in [0.25, 0.3) is 0 Å². The molecule has 29 heavy (non-hydrogen) atoms. The normalized spacial score (nSPS) is 19.2. The number of pyridine rings is 2. The maximum absolute atomic E-state index is 12.7. The van der Waals surface area contributed by atoms with Crippen molar-refractivity contribution in [3.05, 3.63) is 48.5 Å². The lowest BCUT2D eigenvalue weighted by atomic mass is 9.96. The van der Waals surface area contributed by atoms with Gasteiger partial charge >= 0.3 is 0 Å². The van der Waals surface area contributed by atoms with Gasteiger partial charge in [-0.1, -0.05) is 6.07 Å². The van der Waals surface area contributed by atoms with Gasteiger partial charge in [-0.3, -0.25) is 4.40 Å². The first kappa shape index (κ1) is 18.5. The molecule has 5 heterocycles. The molecular weight excluding hydrogens is 388 g/mol. The van der Waals surface area contributed by atoms with Crippen molar-refractivity contribution in [2.75, 3.05) is 31.1 Å². The van der Waals surface area contributed by atoms with E-state index in [1.165, 1.54) is 6.20 Å². The molecule has 2 aliphatic heterocycles. The molecule has 0 amide bonds. The second-order valence-electron chi connectivity index (χ2n) is 7.71. The first-order chi connectivity index (χ1) is 14.1. The molecule has 2 saturated heterocycles. The van der Waals surface area contributed by atoms with Crippen LogP contribution in [0.1, 0.15) is 37.4 Å². The van der Waals surface area contributed by atoms with Crippen LogP contribution in [0, 0.1) is 0 Å². The first-order valence-electron chi connectivity index (χ1n) is 10.1. The summed E-state index contributed by atoms with van der Waals surface area (Å²) in [5, 5.41) is 8.66. The zero-order valence-corrected chi connectivity index (χ0v) is 17.0. The lowest BCUT2D eigenvalue weighted by molar-refractivity contribution is 0.476. The summed E-state index contributed by atoms with van der Waals surface area (Å²) in [6, 6.07) is 9.45. The summed E-state index contributed by atoms with van der Waals surface area (Å²) in [5.41, 5.74) is 0.876. The van der Waals surface area contributed by atoms with Crippen LogP contribution in [0.5, 0.6) is 0 Å². The SMILES string of the molecule is O=S(=O)(c1ccc(N2CCC(c3nnc4ccccn34)CC2)nc1)N1CCCC1. The molecule has 2 fully saturated rings. The Bertz CT molecular complexity index is 1100. The molecule has 3 aromatic rings. The van der Waals surface area contributed by atoms with E-state index < -0.39 is 10.0 Å². The Morgan fingerprint density at radius 3 is 2.45 bits per heavy atom. The molecule has 0 N–H and O–H groups in total. The van der Waals surface area contributed by atoms with Crippen LogP contribution in [0.25, 0.3) is 5.65 Å². The van der Waals surface area contributed by atoms with E-state index in [4.69, 9.17) is 0 Å². The number of hydrogen-bond donors (Lipinski definition) is 0. The van der Waals surface area contributed by atoms with Crippen LogP contribution in [-0.4, -0.2) is 58.5 Å². The number of rotatable bonds is 4. The van der Waals surface area contributed by atoms with E-state index in [-0.39, 0.29) is 4.90 Å². The molecule has 0 spiro atoms. The number of hydrogen-bond acceptors (Lipinski definition) is 6. The minimum absolute atomic E-state index is 0.285. The van der Waals surface area contributed by atoms with Crippen molar-refractivity contribution >= 4 is 21.5 Å². The average molecular weight is 413 g/mol. The zero-order valence-electron chi connectivity index (χ0n) is 16.2. The van der Waals surface area contributed by atoms with E-state index in [0.717, 1.165) is 56.1 Å². The van der Waals surface area contributed by atoms with Crippen LogP contribution >= 0.6 is 0 Å². The van der Waals surface area contributed by atoms with E-state index in [2.05, 4.69) is 24.5 Å². The van der Waals surface area contributed by atoms with Gasteiger partial charge in [-0.15, -0.1) is 10.2 Å². The highest BCUT2D eigenvalue weighted by Gasteiger charge is 2.28. The quantitative estimate of drug-likeness (QED) is 0.654. The Balaban J connectivity index is 1.27. The fourth-order valence-corrected chi connectivity index (χ4v) is 5.76. The predicted molar refractivity (Wildman–Crippen MR) is 109 cm³/mol. The molecule has 152 valence electrons.